The highest BCUT2D eigenvalue weighted by Crippen LogP contribution is 2.38. The zero-order valence-electron chi connectivity index (χ0n) is 13.1. The lowest BCUT2D eigenvalue weighted by molar-refractivity contribution is 0.354. The molecule has 116 valence electrons. The molecule has 0 aliphatic carbocycles. The Balaban J connectivity index is 2.06. The molecular weight excluding hydrogens is 278 g/mol. The van der Waals surface area contributed by atoms with E-state index in [2.05, 4.69) is 17.4 Å². The first-order valence-electron chi connectivity index (χ1n) is 7.39. The van der Waals surface area contributed by atoms with Crippen LogP contribution in [-0.4, -0.2) is 25.9 Å². The monoisotopic (exact) mass is 299 g/mol. The molecule has 0 saturated carbocycles. The average Bonchev–Trinajstić information content (AvgIpc) is 2.57. The van der Waals surface area contributed by atoms with Crippen LogP contribution in [0.15, 0.2) is 30.3 Å². The Bertz CT molecular complexity index is 697. The molecule has 1 aliphatic rings. The molecule has 22 heavy (non-hydrogen) atoms. The molecule has 2 aromatic rings. The van der Waals surface area contributed by atoms with E-state index in [-0.39, 0.29) is 5.92 Å². The fraction of sp³-hybridized carbons (Fsp3) is 0.333. The third-order valence-corrected chi connectivity index (χ3v) is 4.36. The van der Waals surface area contributed by atoms with Crippen LogP contribution in [0.1, 0.15) is 28.2 Å². The Hall–Kier alpha value is -2.20. The van der Waals surface area contributed by atoms with Crippen LogP contribution >= 0.6 is 0 Å². The molecule has 0 aromatic heterocycles. The van der Waals surface area contributed by atoms with E-state index < -0.39 is 0 Å². The van der Waals surface area contributed by atoms with Crippen LogP contribution in [0, 0.1) is 6.92 Å². The maximum absolute atomic E-state index is 10.3. The summed E-state index contributed by atoms with van der Waals surface area (Å²) in [6.07, 6.45) is 0. The van der Waals surface area contributed by atoms with Crippen molar-refractivity contribution < 1.29 is 14.6 Å². The van der Waals surface area contributed by atoms with Crippen LogP contribution in [0.25, 0.3) is 0 Å². The van der Waals surface area contributed by atoms with Gasteiger partial charge in [-0.15, -0.1) is 0 Å². The molecule has 1 heterocycles. The molecule has 2 aromatic carbocycles. The topological polar surface area (TPSA) is 50.7 Å². The minimum atomic E-state index is 0.190. The number of rotatable bonds is 3. The van der Waals surface area contributed by atoms with Gasteiger partial charge in [0.25, 0.3) is 0 Å². The quantitative estimate of drug-likeness (QED) is 0.915. The van der Waals surface area contributed by atoms with E-state index >= 15 is 0 Å². The summed E-state index contributed by atoms with van der Waals surface area (Å²) in [6.45, 7) is 3.47. The molecule has 2 N–H and O–H groups in total. The van der Waals surface area contributed by atoms with Crippen LogP contribution in [0.3, 0.4) is 0 Å². The Labute approximate surface area is 130 Å². The van der Waals surface area contributed by atoms with E-state index in [0.29, 0.717) is 12.3 Å². The zero-order valence-corrected chi connectivity index (χ0v) is 13.1. The minimum absolute atomic E-state index is 0.190. The van der Waals surface area contributed by atoms with Crippen molar-refractivity contribution in [1.29, 1.82) is 0 Å². The van der Waals surface area contributed by atoms with Gasteiger partial charge in [0.05, 0.1) is 14.2 Å². The van der Waals surface area contributed by atoms with Crippen LogP contribution in [0.5, 0.6) is 17.2 Å². The number of phenols is 1. The maximum Gasteiger partial charge on any atom is 0.161 e. The molecule has 0 saturated heterocycles. The number of fused-ring (bicyclic) bond motifs is 1. The number of nitrogens with one attached hydrogen (secondary N) is 1. The molecule has 4 nitrogen and oxygen atoms in total. The number of hydrogen-bond donors (Lipinski definition) is 2. The second-order valence-corrected chi connectivity index (χ2v) is 5.60. The van der Waals surface area contributed by atoms with Gasteiger partial charge in [0.1, 0.15) is 5.75 Å². The third kappa shape index (κ3) is 2.40. The van der Waals surface area contributed by atoms with Crippen molar-refractivity contribution in [3.63, 3.8) is 0 Å². The zero-order chi connectivity index (χ0) is 15.7. The molecule has 0 bridgehead atoms. The number of ether oxygens (including phenoxy) is 2. The van der Waals surface area contributed by atoms with Gasteiger partial charge >= 0.3 is 0 Å². The summed E-state index contributed by atoms with van der Waals surface area (Å²) in [7, 11) is 3.28. The van der Waals surface area contributed by atoms with Crippen molar-refractivity contribution in [3.8, 4) is 17.2 Å². The van der Waals surface area contributed by atoms with E-state index in [1.54, 1.807) is 14.2 Å². The molecular formula is C18H21NO3. The molecule has 0 spiro atoms. The Morgan fingerprint density at radius 1 is 1.09 bits per heavy atom. The molecule has 0 fully saturated rings. The van der Waals surface area contributed by atoms with Gasteiger partial charge < -0.3 is 19.9 Å². The van der Waals surface area contributed by atoms with Crippen molar-refractivity contribution in [2.45, 2.75) is 19.4 Å². The van der Waals surface area contributed by atoms with Gasteiger partial charge in [0, 0.05) is 24.6 Å². The maximum atomic E-state index is 10.3. The molecule has 1 atom stereocenters. The highest BCUT2D eigenvalue weighted by Gasteiger charge is 2.25. The summed E-state index contributed by atoms with van der Waals surface area (Å²) in [6, 6.07) is 10.1. The Morgan fingerprint density at radius 3 is 2.59 bits per heavy atom. The Kier molecular flexibility index (Phi) is 3.94. The molecule has 0 radical (unpaired) electrons. The van der Waals surface area contributed by atoms with Crippen LogP contribution < -0.4 is 14.8 Å². The Morgan fingerprint density at radius 2 is 1.86 bits per heavy atom. The number of hydrogen-bond acceptors (Lipinski definition) is 4. The van der Waals surface area contributed by atoms with Crippen LogP contribution in [0.4, 0.5) is 0 Å². The summed E-state index contributed by atoms with van der Waals surface area (Å²) in [5.74, 6) is 2.04. The van der Waals surface area contributed by atoms with E-state index in [0.717, 1.165) is 34.7 Å². The van der Waals surface area contributed by atoms with E-state index in [4.69, 9.17) is 9.47 Å². The van der Waals surface area contributed by atoms with Gasteiger partial charge in [-0.2, -0.15) is 0 Å². The number of benzene rings is 2. The predicted molar refractivity (Wildman–Crippen MR) is 85.9 cm³/mol. The second kappa shape index (κ2) is 5.89. The van der Waals surface area contributed by atoms with E-state index in [1.807, 2.05) is 25.1 Å². The van der Waals surface area contributed by atoms with Gasteiger partial charge in [0.2, 0.25) is 0 Å². The fourth-order valence-corrected chi connectivity index (χ4v) is 3.10. The lowest BCUT2D eigenvalue weighted by Crippen LogP contribution is -2.29. The summed E-state index contributed by atoms with van der Waals surface area (Å²) < 4.78 is 10.7. The van der Waals surface area contributed by atoms with Crippen LogP contribution in [0.2, 0.25) is 0 Å². The lowest BCUT2D eigenvalue weighted by atomic mass is 9.84. The average molecular weight is 299 g/mol. The number of phenolic OH excluding ortho intramolecular Hbond substituents is 1. The summed E-state index contributed by atoms with van der Waals surface area (Å²) in [5.41, 5.74) is 4.22. The normalized spacial score (nSPS) is 17.0. The van der Waals surface area contributed by atoms with E-state index in [9.17, 15) is 5.11 Å². The number of aromatic hydroxyl groups is 1. The van der Waals surface area contributed by atoms with Gasteiger partial charge in [-0.25, -0.2) is 0 Å². The van der Waals surface area contributed by atoms with Crippen molar-refractivity contribution in [2.75, 3.05) is 20.8 Å². The van der Waals surface area contributed by atoms with Gasteiger partial charge in [-0.3, -0.25) is 0 Å². The summed E-state index contributed by atoms with van der Waals surface area (Å²) in [5, 5.41) is 13.7. The smallest absolute Gasteiger partial charge is 0.161 e. The first-order chi connectivity index (χ1) is 10.7. The standard InChI is InChI=1S/C18H21NO3/c1-11-4-6-13-14(9-19-10-15(13)18(11)20)12-5-7-16(21-2)17(8-12)22-3/h4-8,14,19-20H,9-10H2,1-3H3. The number of aryl methyl sites for hydroxylation is 1. The van der Waals surface area contributed by atoms with Crippen LogP contribution in [-0.2, 0) is 6.54 Å². The van der Waals surface area contributed by atoms with Gasteiger partial charge in [-0.05, 0) is 35.7 Å². The first-order valence-corrected chi connectivity index (χ1v) is 7.39. The minimum Gasteiger partial charge on any atom is -0.507 e. The predicted octanol–water partition coefficient (Wildman–Crippen LogP) is 2.95. The largest absolute Gasteiger partial charge is 0.507 e. The molecule has 0 amide bonds. The molecule has 1 aliphatic heterocycles. The number of methoxy groups -OCH3 is 2. The molecule has 4 heteroatoms. The molecule has 1 unspecified atom stereocenters. The third-order valence-electron chi connectivity index (χ3n) is 4.36. The summed E-state index contributed by atoms with van der Waals surface area (Å²) >= 11 is 0. The van der Waals surface area contributed by atoms with Gasteiger partial charge in [0.15, 0.2) is 11.5 Å². The molecule has 3 rings (SSSR count). The SMILES string of the molecule is COc1ccc(C2CNCc3c2ccc(C)c3O)cc1OC. The van der Waals surface area contributed by atoms with Crippen molar-refractivity contribution in [3.05, 3.63) is 52.6 Å². The lowest BCUT2D eigenvalue weighted by Gasteiger charge is -2.28. The van der Waals surface area contributed by atoms with Crippen molar-refractivity contribution in [2.24, 2.45) is 0 Å². The fourth-order valence-electron chi connectivity index (χ4n) is 3.10. The highest BCUT2D eigenvalue weighted by atomic mass is 16.5. The highest BCUT2D eigenvalue weighted by molar-refractivity contribution is 5.52. The van der Waals surface area contributed by atoms with Crippen molar-refractivity contribution in [1.82, 2.24) is 5.32 Å². The van der Waals surface area contributed by atoms with Crippen molar-refractivity contribution >= 4 is 0 Å². The summed E-state index contributed by atoms with van der Waals surface area (Å²) in [4.78, 5) is 0. The first kappa shape index (κ1) is 14.7. The van der Waals surface area contributed by atoms with Gasteiger partial charge in [-0.1, -0.05) is 18.2 Å². The van der Waals surface area contributed by atoms with E-state index in [1.165, 1.54) is 5.56 Å². The second-order valence-electron chi connectivity index (χ2n) is 5.60.